The second-order valence-electron chi connectivity index (χ2n) is 4.32. The molecule has 0 spiro atoms. The van der Waals surface area contributed by atoms with Crippen LogP contribution in [-0.4, -0.2) is 34.5 Å². The quantitative estimate of drug-likeness (QED) is 0.834. The highest BCUT2D eigenvalue weighted by atomic mass is 32.1. The number of rotatable bonds is 2. The molecule has 15 heavy (non-hydrogen) atoms. The maximum absolute atomic E-state index is 9.57. The average molecular weight is 227 g/mol. The van der Waals surface area contributed by atoms with E-state index in [0.29, 0.717) is 12.5 Å². The van der Waals surface area contributed by atoms with Gasteiger partial charge in [-0.3, -0.25) is 0 Å². The molecule has 0 amide bonds. The van der Waals surface area contributed by atoms with E-state index in [4.69, 9.17) is 0 Å². The Morgan fingerprint density at radius 2 is 2.27 bits per heavy atom. The largest absolute Gasteiger partial charge is 0.391 e. The molecule has 1 aromatic rings. The van der Waals surface area contributed by atoms with Crippen LogP contribution < -0.4 is 4.90 Å². The Bertz CT molecular complexity index is 326. The van der Waals surface area contributed by atoms with Gasteiger partial charge in [0, 0.05) is 19.0 Å². The van der Waals surface area contributed by atoms with Crippen molar-refractivity contribution in [3.8, 4) is 0 Å². The molecule has 5 heteroatoms. The lowest BCUT2D eigenvalue weighted by molar-refractivity contribution is 0.154. The first-order valence-electron chi connectivity index (χ1n) is 5.43. The monoisotopic (exact) mass is 227 g/mol. The molecule has 84 valence electrons. The van der Waals surface area contributed by atoms with Gasteiger partial charge in [0.1, 0.15) is 5.01 Å². The molecule has 1 N–H and O–H groups in total. The van der Waals surface area contributed by atoms with Gasteiger partial charge in [0.25, 0.3) is 0 Å². The summed E-state index contributed by atoms with van der Waals surface area (Å²) in [5.74, 6) is 0.436. The molecule has 1 aromatic heterocycles. The van der Waals surface area contributed by atoms with Crippen LogP contribution in [0.2, 0.25) is 0 Å². The molecule has 1 aliphatic rings. The first-order valence-corrected chi connectivity index (χ1v) is 6.25. The third-order valence-corrected chi connectivity index (χ3v) is 3.88. The zero-order chi connectivity index (χ0) is 10.8. The number of hydrogen-bond donors (Lipinski definition) is 1. The lowest BCUT2D eigenvalue weighted by Crippen LogP contribution is -2.38. The fourth-order valence-electron chi connectivity index (χ4n) is 1.72. The lowest BCUT2D eigenvalue weighted by atomic mass is 10.1. The summed E-state index contributed by atoms with van der Waals surface area (Å²) >= 11 is 1.64. The van der Waals surface area contributed by atoms with Crippen LogP contribution in [-0.2, 0) is 0 Å². The fourth-order valence-corrected chi connectivity index (χ4v) is 2.60. The van der Waals surface area contributed by atoms with Crippen LogP contribution in [0.25, 0.3) is 0 Å². The molecule has 2 heterocycles. The Morgan fingerprint density at radius 1 is 1.47 bits per heavy atom. The van der Waals surface area contributed by atoms with E-state index in [1.165, 1.54) is 0 Å². The van der Waals surface area contributed by atoms with Crippen molar-refractivity contribution < 1.29 is 5.11 Å². The van der Waals surface area contributed by atoms with Crippen LogP contribution in [0, 0.1) is 0 Å². The highest BCUT2D eigenvalue weighted by molar-refractivity contribution is 7.15. The van der Waals surface area contributed by atoms with Crippen LogP contribution in [0.5, 0.6) is 0 Å². The van der Waals surface area contributed by atoms with Gasteiger partial charge in [0.05, 0.1) is 6.10 Å². The van der Waals surface area contributed by atoms with E-state index in [9.17, 15) is 5.11 Å². The Hall–Kier alpha value is -0.680. The van der Waals surface area contributed by atoms with Crippen molar-refractivity contribution in [2.75, 3.05) is 18.0 Å². The zero-order valence-corrected chi connectivity index (χ0v) is 10.00. The van der Waals surface area contributed by atoms with Gasteiger partial charge in [-0.05, 0) is 12.8 Å². The molecule has 0 bridgehead atoms. The Balaban J connectivity index is 2.08. The van der Waals surface area contributed by atoms with Crippen molar-refractivity contribution in [2.45, 2.75) is 38.7 Å². The van der Waals surface area contributed by atoms with E-state index >= 15 is 0 Å². The number of aliphatic hydroxyl groups is 1. The Morgan fingerprint density at radius 3 is 2.87 bits per heavy atom. The van der Waals surface area contributed by atoms with E-state index in [1.807, 2.05) is 0 Å². The predicted octanol–water partition coefficient (Wildman–Crippen LogP) is 1.62. The van der Waals surface area contributed by atoms with Crippen molar-refractivity contribution in [3.63, 3.8) is 0 Å². The van der Waals surface area contributed by atoms with Gasteiger partial charge in [-0.15, -0.1) is 10.2 Å². The molecule has 1 saturated heterocycles. The number of nitrogens with zero attached hydrogens (tertiary/aromatic N) is 3. The van der Waals surface area contributed by atoms with Gasteiger partial charge < -0.3 is 10.0 Å². The second-order valence-corrected chi connectivity index (χ2v) is 5.31. The van der Waals surface area contributed by atoms with Crippen molar-refractivity contribution in [2.24, 2.45) is 0 Å². The van der Waals surface area contributed by atoms with Crippen LogP contribution in [0.1, 0.15) is 37.6 Å². The van der Waals surface area contributed by atoms with E-state index < -0.39 is 0 Å². The van der Waals surface area contributed by atoms with Gasteiger partial charge in [0.2, 0.25) is 5.13 Å². The molecule has 0 radical (unpaired) electrons. The van der Waals surface area contributed by atoms with Crippen LogP contribution in [0.3, 0.4) is 0 Å². The SMILES string of the molecule is CC(C)c1nnc(N2CCCC(O)C2)s1. The Kier molecular flexibility index (Phi) is 3.21. The smallest absolute Gasteiger partial charge is 0.208 e. The minimum Gasteiger partial charge on any atom is -0.391 e. The van der Waals surface area contributed by atoms with Gasteiger partial charge in [-0.25, -0.2) is 0 Å². The summed E-state index contributed by atoms with van der Waals surface area (Å²) in [4.78, 5) is 2.14. The molecule has 0 saturated carbocycles. The van der Waals surface area contributed by atoms with Crippen molar-refractivity contribution in [3.05, 3.63) is 5.01 Å². The van der Waals surface area contributed by atoms with Gasteiger partial charge in [0.15, 0.2) is 0 Å². The van der Waals surface area contributed by atoms with Crippen molar-refractivity contribution in [1.82, 2.24) is 10.2 Å². The lowest BCUT2D eigenvalue weighted by Gasteiger charge is -2.29. The summed E-state index contributed by atoms with van der Waals surface area (Å²) in [5.41, 5.74) is 0. The topological polar surface area (TPSA) is 49.2 Å². The summed E-state index contributed by atoms with van der Waals surface area (Å²) in [6.45, 7) is 5.93. The third-order valence-electron chi connectivity index (χ3n) is 2.59. The molecule has 1 fully saturated rings. The first-order chi connectivity index (χ1) is 7.16. The second kappa shape index (κ2) is 4.45. The van der Waals surface area contributed by atoms with E-state index in [1.54, 1.807) is 11.3 Å². The summed E-state index contributed by atoms with van der Waals surface area (Å²) in [5, 5.41) is 19.9. The summed E-state index contributed by atoms with van der Waals surface area (Å²) in [7, 11) is 0. The predicted molar refractivity (Wildman–Crippen MR) is 61.5 cm³/mol. The summed E-state index contributed by atoms with van der Waals surface area (Å²) in [6.07, 6.45) is 1.74. The number of aliphatic hydroxyl groups excluding tert-OH is 1. The number of piperidine rings is 1. The minimum absolute atomic E-state index is 0.204. The number of anilines is 1. The van der Waals surface area contributed by atoms with Crippen molar-refractivity contribution >= 4 is 16.5 Å². The minimum atomic E-state index is -0.204. The zero-order valence-electron chi connectivity index (χ0n) is 9.18. The van der Waals surface area contributed by atoms with E-state index in [0.717, 1.165) is 29.5 Å². The molecule has 2 rings (SSSR count). The summed E-state index contributed by atoms with van der Waals surface area (Å²) < 4.78 is 0. The van der Waals surface area contributed by atoms with Crippen LogP contribution >= 0.6 is 11.3 Å². The molecule has 1 unspecified atom stereocenters. The van der Waals surface area contributed by atoms with Crippen LogP contribution in [0.4, 0.5) is 5.13 Å². The number of hydrogen-bond acceptors (Lipinski definition) is 5. The Labute approximate surface area is 93.9 Å². The third kappa shape index (κ3) is 2.46. The summed E-state index contributed by atoms with van der Waals surface area (Å²) in [6, 6.07) is 0. The number of aromatic nitrogens is 2. The standard InChI is InChI=1S/C10H17N3OS/c1-7(2)9-11-12-10(15-9)13-5-3-4-8(14)6-13/h7-8,14H,3-6H2,1-2H3. The van der Waals surface area contributed by atoms with Crippen LogP contribution in [0.15, 0.2) is 0 Å². The maximum Gasteiger partial charge on any atom is 0.208 e. The number of β-amino-alcohol motifs (C(OH)–C–C–N with tert-alkyl or cyclic N) is 1. The molecule has 1 aliphatic heterocycles. The van der Waals surface area contributed by atoms with Crippen molar-refractivity contribution in [1.29, 1.82) is 0 Å². The normalized spacial score (nSPS) is 22.4. The van der Waals surface area contributed by atoms with Gasteiger partial charge in [-0.1, -0.05) is 25.2 Å². The molecule has 4 nitrogen and oxygen atoms in total. The highest BCUT2D eigenvalue weighted by Gasteiger charge is 2.21. The molecular formula is C10H17N3OS. The fraction of sp³-hybridized carbons (Fsp3) is 0.800. The first kappa shape index (κ1) is 10.8. The molecule has 0 aliphatic carbocycles. The highest BCUT2D eigenvalue weighted by Crippen LogP contribution is 2.27. The molecular weight excluding hydrogens is 210 g/mol. The molecule has 0 aromatic carbocycles. The van der Waals surface area contributed by atoms with E-state index in [-0.39, 0.29) is 6.10 Å². The van der Waals surface area contributed by atoms with Gasteiger partial charge >= 0.3 is 0 Å². The van der Waals surface area contributed by atoms with Gasteiger partial charge in [-0.2, -0.15) is 0 Å². The van der Waals surface area contributed by atoms with E-state index in [2.05, 4.69) is 28.9 Å². The average Bonchev–Trinajstić information content (AvgIpc) is 2.66. The maximum atomic E-state index is 9.57. The molecule has 1 atom stereocenters.